The normalized spacial score (nSPS) is 12.0. The smallest absolute Gasteiger partial charge is 0.271 e. The van der Waals surface area contributed by atoms with Crippen LogP contribution in [0.25, 0.3) is 10.2 Å². The Hall–Kier alpha value is -3.85. The summed E-state index contributed by atoms with van der Waals surface area (Å²) in [6, 6.07) is 15.8. The Morgan fingerprint density at radius 1 is 1.08 bits per heavy atom. The number of nitrogens with one attached hydrogen (secondary N) is 1. The highest BCUT2D eigenvalue weighted by Gasteiger charge is 2.26. The van der Waals surface area contributed by atoms with E-state index in [0.717, 1.165) is 4.70 Å². The maximum absolute atomic E-state index is 13.5. The summed E-state index contributed by atoms with van der Waals surface area (Å²) in [5.41, 5.74) is 1.32. The molecule has 12 heteroatoms. The van der Waals surface area contributed by atoms with Crippen LogP contribution in [0.1, 0.15) is 24.2 Å². The van der Waals surface area contributed by atoms with E-state index in [1.165, 1.54) is 68.0 Å². The molecule has 0 radical (unpaired) electrons. The molecule has 0 saturated carbocycles. The quantitative estimate of drug-likeness (QED) is 0.283. The van der Waals surface area contributed by atoms with Gasteiger partial charge in [-0.25, -0.2) is 13.4 Å². The zero-order valence-corrected chi connectivity index (χ0v) is 22.9. The van der Waals surface area contributed by atoms with Crippen molar-refractivity contribution in [2.75, 3.05) is 25.3 Å². The standard InChI is InChI=1S/C26H22ClN3O6S2/c1-4-38(32,33)17-8-6-16(7-9-17)24(36-20-10-5-15(14-28)11-18(20)27)25(31)30-26-29-19-12-21(34-2)22(35-3)13-23(19)37-26/h5-13,24H,4H2,1-3H3,(H,29,30,31). The van der Waals surface area contributed by atoms with Gasteiger partial charge in [-0.05, 0) is 30.3 Å². The molecule has 3 aromatic carbocycles. The van der Waals surface area contributed by atoms with Crippen molar-refractivity contribution in [2.45, 2.75) is 17.9 Å². The average Bonchev–Trinajstić information content (AvgIpc) is 3.32. The van der Waals surface area contributed by atoms with Gasteiger partial charge in [-0.15, -0.1) is 0 Å². The number of aromatic nitrogens is 1. The van der Waals surface area contributed by atoms with Crippen LogP contribution >= 0.6 is 22.9 Å². The average molecular weight is 572 g/mol. The summed E-state index contributed by atoms with van der Waals surface area (Å²) in [4.78, 5) is 18.1. The molecule has 0 saturated heterocycles. The molecule has 0 bridgehead atoms. The topological polar surface area (TPSA) is 128 Å². The highest BCUT2D eigenvalue weighted by atomic mass is 35.5. The second-order valence-corrected chi connectivity index (χ2v) is 11.6. The van der Waals surface area contributed by atoms with E-state index in [-0.39, 0.29) is 21.4 Å². The molecule has 0 aliphatic carbocycles. The Morgan fingerprint density at radius 2 is 1.76 bits per heavy atom. The number of nitrogens with zero attached hydrogens (tertiary/aromatic N) is 2. The van der Waals surface area contributed by atoms with Crippen molar-refractivity contribution >= 4 is 54.0 Å². The number of carbonyl (C=O) groups excluding carboxylic acids is 1. The minimum atomic E-state index is -3.43. The summed E-state index contributed by atoms with van der Waals surface area (Å²) < 4.78 is 41.9. The van der Waals surface area contributed by atoms with Crippen molar-refractivity contribution in [3.63, 3.8) is 0 Å². The van der Waals surface area contributed by atoms with E-state index in [0.29, 0.717) is 33.3 Å². The van der Waals surface area contributed by atoms with Crippen molar-refractivity contribution in [3.05, 3.63) is 70.7 Å². The first-order valence-corrected chi connectivity index (χ1v) is 14.1. The van der Waals surface area contributed by atoms with Crippen molar-refractivity contribution in [1.82, 2.24) is 4.98 Å². The highest BCUT2D eigenvalue weighted by Crippen LogP contribution is 2.37. The maximum Gasteiger partial charge on any atom is 0.271 e. The lowest BCUT2D eigenvalue weighted by Crippen LogP contribution is -2.26. The van der Waals surface area contributed by atoms with E-state index >= 15 is 0 Å². The molecule has 0 aliphatic rings. The van der Waals surface area contributed by atoms with Crippen LogP contribution in [0.5, 0.6) is 17.2 Å². The van der Waals surface area contributed by atoms with Crippen LogP contribution in [0.4, 0.5) is 5.13 Å². The molecule has 0 aliphatic heterocycles. The first-order valence-electron chi connectivity index (χ1n) is 11.2. The molecule has 0 fully saturated rings. The monoisotopic (exact) mass is 571 g/mol. The number of halogens is 1. The largest absolute Gasteiger partial charge is 0.493 e. The van der Waals surface area contributed by atoms with Crippen LogP contribution in [-0.4, -0.2) is 39.3 Å². The second-order valence-electron chi connectivity index (χ2n) is 7.91. The number of amides is 1. The van der Waals surface area contributed by atoms with Gasteiger partial charge in [0.05, 0.1) is 51.7 Å². The number of carbonyl (C=O) groups is 1. The first-order chi connectivity index (χ1) is 18.2. The summed E-state index contributed by atoms with van der Waals surface area (Å²) >= 11 is 7.53. The SMILES string of the molecule is CCS(=O)(=O)c1ccc(C(Oc2ccc(C#N)cc2Cl)C(=O)Nc2nc3cc(OC)c(OC)cc3s2)cc1. The fourth-order valence-electron chi connectivity index (χ4n) is 3.56. The fraction of sp³-hybridized carbons (Fsp3) is 0.192. The third-order valence-electron chi connectivity index (χ3n) is 5.59. The molecule has 4 rings (SSSR count). The number of fused-ring (bicyclic) bond motifs is 1. The van der Waals surface area contributed by atoms with E-state index < -0.39 is 21.8 Å². The molecule has 1 amide bonds. The van der Waals surface area contributed by atoms with Gasteiger partial charge in [0.25, 0.3) is 5.91 Å². The molecule has 9 nitrogen and oxygen atoms in total. The first kappa shape index (κ1) is 27.2. The highest BCUT2D eigenvalue weighted by molar-refractivity contribution is 7.91. The lowest BCUT2D eigenvalue weighted by molar-refractivity contribution is -0.123. The van der Waals surface area contributed by atoms with Crippen molar-refractivity contribution in [1.29, 1.82) is 5.26 Å². The van der Waals surface area contributed by atoms with Crippen LogP contribution < -0.4 is 19.5 Å². The summed E-state index contributed by atoms with van der Waals surface area (Å²) in [5.74, 6) is 0.590. The number of sulfone groups is 1. The lowest BCUT2D eigenvalue weighted by atomic mass is 10.1. The number of hydrogen-bond donors (Lipinski definition) is 1. The summed E-state index contributed by atoms with van der Waals surface area (Å²) in [6.07, 6.45) is -1.21. The van der Waals surface area contributed by atoms with Crippen LogP contribution in [0.3, 0.4) is 0 Å². The van der Waals surface area contributed by atoms with Gasteiger partial charge in [-0.3, -0.25) is 10.1 Å². The molecule has 38 heavy (non-hydrogen) atoms. The van der Waals surface area contributed by atoms with Crippen LogP contribution in [0, 0.1) is 11.3 Å². The van der Waals surface area contributed by atoms with Crippen molar-refractivity contribution in [3.8, 4) is 23.3 Å². The number of hydrogen-bond acceptors (Lipinski definition) is 9. The summed E-state index contributed by atoms with van der Waals surface area (Å²) in [7, 11) is -0.383. The maximum atomic E-state index is 13.5. The Labute approximate surface area is 228 Å². The lowest BCUT2D eigenvalue weighted by Gasteiger charge is -2.19. The third-order valence-corrected chi connectivity index (χ3v) is 8.57. The molecule has 1 heterocycles. The van der Waals surface area contributed by atoms with E-state index in [1.54, 1.807) is 19.1 Å². The molecule has 4 aromatic rings. The van der Waals surface area contributed by atoms with Gasteiger partial charge in [-0.2, -0.15) is 5.26 Å². The number of ether oxygens (including phenoxy) is 3. The minimum Gasteiger partial charge on any atom is -0.493 e. The predicted octanol–water partition coefficient (Wildman–Crippen LogP) is 5.39. The Bertz CT molecular complexity index is 1610. The predicted molar refractivity (Wildman–Crippen MR) is 145 cm³/mol. The molecule has 0 spiro atoms. The molecule has 1 unspecified atom stereocenters. The number of nitriles is 1. The summed E-state index contributed by atoms with van der Waals surface area (Å²) in [6.45, 7) is 1.55. The minimum absolute atomic E-state index is 0.0548. The van der Waals surface area contributed by atoms with Crippen molar-refractivity contribution < 1.29 is 27.4 Å². The Morgan fingerprint density at radius 3 is 2.37 bits per heavy atom. The van der Waals surface area contributed by atoms with Gasteiger partial charge in [0.15, 0.2) is 26.5 Å². The Balaban J connectivity index is 1.69. The van der Waals surface area contributed by atoms with Gasteiger partial charge in [0, 0.05) is 17.7 Å². The van der Waals surface area contributed by atoms with E-state index in [2.05, 4.69) is 10.3 Å². The fourth-order valence-corrected chi connectivity index (χ4v) is 5.55. The van der Waals surface area contributed by atoms with Crippen LogP contribution in [0.15, 0.2) is 59.5 Å². The van der Waals surface area contributed by atoms with Crippen LogP contribution in [0.2, 0.25) is 5.02 Å². The zero-order chi connectivity index (χ0) is 27.4. The zero-order valence-electron chi connectivity index (χ0n) is 20.5. The van der Waals surface area contributed by atoms with E-state index in [4.69, 9.17) is 31.1 Å². The molecule has 196 valence electrons. The molecular weight excluding hydrogens is 550 g/mol. The number of thiazole rings is 1. The molecule has 1 N–H and O–H groups in total. The summed E-state index contributed by atoms with van der Waals surface area (Å²) in [5, 5.41) is 12.3. The number of benzene rings is 3. The van der Waals surface area contributed by atoms with Gasteiger partial charge < -0.3 is 14.2 Å². The number of anilines is 1. The molecular formula is C26H22ClN3O6S2. The van der Waals surface area contributed by atoms with Crippen LogP contribution in [-0.2, 0) is 14.6 Å². The molecule has 1 aromatic heterocycles. The van der Waals surface area contributed by atoms with Gasteiger partial charge in [-0.1, -0.05) is 42.0 Å². The number of rotatable bonds is 9. The van der Waals surface area contributed by atoms with E-state index in [9.17, 15) is 13.2 Å². The second kappa shape index (κ2) is 11.3. The van der Waals surface area contributed by atoms with E-state index in [1.807, 2.05) is 6.07 Å². The van der Waals surface area contributed by atoms with Gasteiger partial charge >= 0.3 is 0 Å². The van der Waals surface area contributed by atoms with Gasteiger partial charge in [0.1, 0.15) is 5.75 Å². The van der Waals surface area contributed by atoms with Gasteiger partial charge in [0.2, 0.25) is 6.10 Å². The third kappa shape index (κ3) is 5.67. The van der Waals surface area contributed by atoms with Crippen molar-refractivity contribution in [2.24, 2.45) is 0 Å². The Kier molecular flexibility index (Phi) is 8.06. The number of methoxy groups -OCH3 is 2. The molecule has 1 atom stereocenters.